The van der Waals surface area contributed by atoms with Crippen LogP contribution in [0.25, 0.3) is 0 Å². The molecule has 0 aliphatic rings. The highest BCUT2D eigenvalue weighted by Gasteiger charge is 2.32. The number of rotatable bonds is 10. The van der Waals surface area contributed by atoms with Crippen LogP contribution >= 0.6 is 46.4 Å². The molecule has 0 fully saturated rings. The van der Waals surface area contributed by atoms with Crippen molar-refractivity contribution in [1.82, 2.24) is 10.2 Å². The summed E-state index contributed by atoms with van der Waals surface area (Å²) >= 11 is 24.8. The van der Waals surface area contributed by atoms with Crippen LogP contribution in [0.5, 0.6) is 0 Å². The van der Waals surface area contributed by atoms with Crippen LogP contribution in [0, 0.1) is 0 Å². The molecule has 0 spiro atoms. The zero-order chi connectivity index (χ0) is 26.5. The minimum Gasteiger partial charge on any atom is -0.352 e. The van der Waals surface area contributed by atoms with Gasteiger partial charge in [0.15, 0.2) is 0 Å². The van der Waals surface area contributed by atoms with Crippen molar-refractivity contribution in [2.45, 2.75) is 45.8 Å². The van der Waals surface area contributed by atoms with E-state index in [0.29, 0.717) is 27.1 Å². The van der Waals surface area contributed by atoms with Crippen LogP contribution < -0.4 is 9.62 Å². The molecule has 2 rings (SSSR count). The van der Waals surface area contributed by atoms with Crippen LogP contribution in [0.3, 0.4) is 0 Å². The number of anilines is 1. The highest BCUT2D eigenvalue weighted by Crippen LogP contribution is 2.31. The van der Waals surface area contributed by atoms with Gasteiger partial charge in [-0.15, -0.1) is 0 Å². The third-order valence-electron chi connectivity index (χ3n) is 5.42. The zero-order valence-corrected chi connectivity index (χ0v) is 23.5. The number of hydrogen-bond acceptors (Lipinski definition) is 4. The molecule has 1 N–H and O–H groups in total. The van der Waals surface area contributed by atoms with Gasteiger partial charge < -0.3 is 10.2 Å². The van der Waals surface area contributed by atoms with Crippen molar-refractivity contribution < 1.29 is 18.0 Å². The molecular weight excluding hydrogens is 556 g/mol. The number of benzene rings is 2. The summed E-state index contributed by atoms with van der Waals surface area (Å²) in [6.07, 6.45) is 1.65. The Kier molecular flexibility index (Phi) is 10.5. The van der Waals surface area contributed by atoms with Gasteiger partial charge in [0.25, 0.3) is 0 Å². The minimum atomic E-state index is -3.93. The summed E-state index contributed by atoms with van der Waals surface area (Å²) in [6, 6.07) is 8.08. The molecule has 2 atom stereocenters. The Morgan fingerprint density at radius 2 is 1.60 bits per heavy atom. The Balaban J connectivity index is 2.48. The lowest BCUT2D eigenvalue weighted by molar-refractivity contribution is -0.139. The largest absolute Gasteiger partial charge is 0.352 e. The lowest BCUT2D eigenvalue weighted by Crippen LogP contribution is -2.52. The number of nitrogens with one attached hydrogen (secondary N) is 1. The first kappa shape index (κ1) is 29.5. The second-order valence-electron chi connectivity index (χ2n) is 8.08. The van der Waals surface area contributed by atoms with Gasteiger partial charge in [0, 0.05) is 33.2 Å². The number of carbonyl (C=O) groups is 2. The first-order valence-corrected chi connectivity index (χ1v) is 14.1. The van der Waals surface area contributed by atoms with E-state index in [1.807, 2.05) is 13.8 Å². The molecule has 0 unspecified atom stereocenters. The third kappa shape index (κ3) is 7.89. The van der Waals surface area contributed by atoms with E-state index in [1.54, 1.807) is 25.1 Å². The molecule has 0 aliphatic heterocycles. The molecule has 0 aromatic heterocycles. The summed E-state index contributed by atoms with van der Waals surface area (Å²) in [4.78, 5) is 27.7. The van der Waals surface area contributed by atoms with E-state index in [1.165, 1.54) is 23.1 Å². The predicted molar refractivity (Wildman–Crippen MR) is 143 cm³/mol. The summed E-state index contributed by atoms with van der Waals surface area (Å²) in [5.41, 5.74) is 0.516. The fourth-order valence-corrected chi connectivity index (χ4v) is 5.12. The highest BCUT2D eigenvalue weighted by atomic mass is 35.5. The third-order valence-corrected chi connectivity index (χ3v) is 7.79. The lowest BCUT2D eigenvalue weighted by atomic mass is 10.1. The predicted octanol–water partition coefficient (Wildman–Crippen LogP) is 5.40. The molecule has 2 aromatic rings. The smallest absolute Gasteiger partial charge is 0.244 e. The molecule has 35 heavy (non-hydrogen) atoms. The lowest BCUT2D eigenvalue weighted by Gasteiger charge is -2.32. The van der Waals surface area contributed by atoms with Crippen LogP contribution in [0.15, 0.2) is 36.4 Å². The molecule has 12 heteroatoms. The Morgan fingerprint density at radius 1 is 1.00 bits per heavy atom. The van der Waals surface area contributed by atoms with Crippen molar-refractivity contribution in [1.29, 1.82) is 0 Å². The Hall–Kier alpha value is -1.71. The normalized spacial score (nSPS) is 13.1. The van der Waals surface area contributed by atoms with Gasteiger partial charge in [-0.1, -0.05) is 59.4 Å². The maximum Gasteiger partial charge on any atom is 0.244 e. The first-order chi connectivity index (χ1) is 16.3. The maximum absolute atomic E-state index is 13.6. The SMILES string of the molecule is CC[C@H](C)NC(=O)[C@H](C)N(Cc1c(Cl)cccc1Cl)C(=O)CN(c1ccc(Cl)cc1Cl)S(C)(=O)=O. The van der Waals surface area contributed by atoms with E-state index in [0.717, 1.165) is 10.6 Å². The Morgan fingerprint density at radius 3 is 2.11 bits per heavy atom. The van der Waals surface area contributed by atoms with Crippen LogP contribution in [0.1, 0.15) is 32.8 Å². The molecule has 2 aromatic carbocycles. The second-order valence-corrected chi connectivity index (χ2v) is 11.6. The number of hydrogen-bond donors (Lipinski definition) is 1. The summed E-state index contributed by atoms with van der Waals surface area (Å²) in [7, 11) is -3.93. The average Bonchev–Trinajstić information content (AvgIpc) is 2.76. The Labute approximate surface area is 226 Å². The molecule has 192 valence electrons. The number of amides is 2. The van der Waals surface area contributed by atoms with Crippen LogP contribution in [0.4, 0.5) is 5.69 Å². The van der Waals surface area contributed by atoms with E-state index in [-0.39, 0.29) is 23.3 Å². The second kappa shape index (κ2) is 12.5. The standard InChI is InChI=1S/C23H27Cl4N3O4S/c1-5-14(2)28-23(32)15(3)29(12-17-18(25)7-6-8-19(17)26)22(31)13-30(35(4,33)34)21-10-9-16(24)11-20(21)27/h6-11,14-15H,5,12-13H2,1-4H3,(H,28,32)/t14-,15-/m0/s1. The minimum absolute atomic E-state index is 0.0546. The van der Waals surface area contributed by atoms with Gasteiger partial charge in [0.1, 0.15) is 12.6 Å². The number of carbonyl (C=O) groups excluding carboxylic acids is 2. The van der Waals surface area contributed by atoms with Crippen molar-refractivity contribution in [2.75, 3.05) is 17.1 Å². The van der Waals surface area contributed by atoms with Crippen molar-refractivity contribution >= 4 is 73.9 Å². The molecule has 0 saturated carbocycles. The van der Waals surface area contributed by atoms with Gasteiger partial charge in [0.2, 0.25) is 21.8 Å². The zero-order valence-electron chi connectivity index (χ0n) is 19.7. The number of halogens is 4. The van der Waals surface area contributed by atoms with Crippen LogP contribution in [0.2, 0.25) is 20.1 Å². The number of nitrogens with zero attached hydrogens (tertiary/aromatic N) is 2. The molecule has 2 amide bonds. The molecule has 0 bridgehead atoms. The van der Waals surface area contributed by atoms with Gasteiger partial charge in [-0.25, -0.2) is 8.42 Å². The quantitative estimate of drug-likeness (QED) is 0.406. The first-order valence-electron chi connectivity index (χ1n) is 10.7. The topological polar surface area (TPSA) is 86.8 Å². The van der Waals surface area contributed by atoms with Crippen LogP contribution in [-0.4, -0.2) is 50.0 Å². The van der Waals surface area contributed by atoms with E-state index in [4.69, 9.17) is 46.4 Å². The molecular formula is C23H27Cl4N3O4S. The summed E-state index contributed by atoms with van der Waals surface area (Å²) in [6.45, 7) is 4.60. The van der Waals surface area contributed by atoms with E-state index in [9.17, 15) is 18.0 Å². The van der Waals surface area contributed by atoms with Crippen molar-refractivity contribution in [3.63, 3.8) is 0 Å². The molecule has 0 saturated heterocycles. The Bertz CT molecular complexity index is 1170. The monoisotopic (exact) mass is 581 g/mol. The fourth-order valence-electron chi connectivity index (χ4n) is 3.18. The van der Waals surface area contributed by atoms with Gasteiger partial charge >= 0.3 is 0 Å². The van der Waals surface area contributed by atoms with E-state index >= 15 is 0 Å². The summed E-state index contributed by atoms with van der Waals surface area (Å²) in [5, 5.41) is 3.83. The molecule has 0 heterocycles. The van der Waals surface area contributed by atoms with Crippen molar-refractivity contribution in [3.8, 4) is 0 Å². The van der Waals surface area contributed by atoms with Gasteiger partial charge in [0.05, 0.1) is 17.0 Å². The van der Waals surface area contributed by atoms with Gasteiger partial charge in [-0.05, 0) is 50.6 Å². The van der Waals surface area contributed by atoms with E-state index < -0.39 is 34.4 Å². The molecule has 0 aliphatic carbocycles. The summed E-state index contributed by atoms with van der Waals surface area (Å²) < 4.78 is 26.1. The van der Waals surface area contributed by atoms with Gasteiger partial charge in [-0.2, -0.15) is 0 Å². The van der Waals surface area contributed by atoms with Gasteiger partial charge in [-0.3, -0.25) is 13.9 Å². The fraction of sp³-hybridized carbons (Fsp3) is 0.391. The molecule has 7 nitrogen and oxygen atoms in total. The summed E-state index contributed by atoms with van der Waals surface area (Å²) in [5.74, 6) is -1.05. The van der Waals surface area contributed by atoms with E-state index in [2.05, 4.69) is 5.32 Å². The van der Waals surface area contributed by atoms with Crippen molar-refractivity contribution in [3.05, 3.63) is 62.1 Å². The average molecular weight is 583 g/mol. The number of sulfonamides is 1. The molecule has 0 radical (unpaired) electrons. The highest BCUT2D eigenvalue weighted by molar-refractivity contribution is 7.92. The van der Waals surface area contributed by atoms with Crippen LogP contribution in [-0.2, 0) is 26.2 Å². The maximum atomic E-state index is 13.6. The van der Waals surface area contributed by atoms with Crippen molar-refractivity contribution in [2.24, 2.45) is 0 Å².